The Kier molecular flexibility index (Phi) is 8.44. The number of aromatic nitrogens is 3. The molecule has 0 aromatic carbocycles. The molecule has 0 fully saturated rings. The molecule has 21 heavy (non-hydrogen) atoms. The first-order valence-electron chi connectivity index (χ1n) is 7.30. The highest BCUT2D eigenvalue weighted by Crippen LogP contribution is 2.01. The van der Waals surface area contributed by atoms with Crippen LogP contribution < -0.4 is 5.32 Å². The summed E-state index contributed by atoms with van der Waals surface area (Å²) in [7, 11) is 1.66. The number of ether oxygens (including phenoxy) is 3. The maximum absolute atomic E-state index is 5.47. The van der Waals surface area contributed by atoms with Gasteiger partial charge in [0, 0.05) is 25.4 Å². The van der Waals surface area contributed by atoms with Crippen molar-refractivity contribution in [3.05, 3.63) is 11.9 Å². The van der Waals surface area contributed by atoms with Crippen LogP contribution in [0.3, 0.4) is 0 Å². The Morgan fingerprint density at radius 1 is 1.10 bits per heavy atom. The van der Waals surface area contributed by atoms with Gasteiger partial charge in [-0.1, -0.05) is 5.21 Å². The second-order valence-corrected chi connectivity index (χ2v) is 5.79. The van der Waals surface area contributed by atoms with Crippen molar-refractivity contribution < 1.29 is 14.2 Å². The zero-order valence-corrected chi connectivity index (χ0v) is 13.6. The van der Waals surface area contributed by atoms with Crippen LogP contribution in [0.4, 0.5) is 0 Å². The molecule has 0 aliphatic heterocycles. The van der Waals surface area contributed by atoms with Gasteiger partial charge in [-0.2, -0.15) is 0 Å². The minimum Gasteiger partial charge on any atom is -0.382 e. The van der Waals surface area contributed by atoms with Crippen LogP contribution in [0.1, 0.15) is 26.5 Å². The normalized spacial score (nSPS) is 12.0. The van der Waals surface area contributed by atoms with E-state index in [4.69, 9.17) is 14.2 Å². The van der Waals surface area contributed by atoms with E-state index in [9.17, 15) is 0 Å². The molecule has 1 heterocycles. The number of methoxy groups -OCH3 is 1. The van der Waals surface area contributed by atoms with Crippen LogP contribution in [0.5, 0.6) is 0 Å². The third-order valence-electron chi connectivity index (χ3n) is 2.65. The second kappa shape index (κ2) is 9.83. The maximum atomic E-state index is 5.47. The van der Waals surface area contributed by atoms with E-state index in [1.165, 1.54) is 0 Å². The van der Waals surface area contributed by atoms with Crippen LogP contribution in [0.25, 0.3) is 0 Å². The third kappa shape index (κ3) is 9.52. The Labute approximate surface area is 126 Å². The van der Waals surface area contributed by atoms with Crippen LogP contribution in [-0.2, 0) is 27.3 Å². The summed E-state index contributed by atoms with van der Waals surface area (Å²) in [5, 5.41) is 11.6. The standard InChI is InChI=1S/C14H28N4O3/c1-14(2,3)15-11-13-12-18(17-16-13)5-6-20-9-10-21-8-7-19-4/h12,15H,5-11H2,1-4H3. The lowest BCUT2D eigenvalue weighted by Gasteiger charge is -2.19. The topological polar surface area (TPSA) is 70.4 Å². The highest BCUT2D eigenvalue weighted by Gasteiger charge is 2.09. The molecule has 0 spiro atoms. The molecule has 0 atom stereocenters. The van der Waals surface area contributed by atoms with E-state index in [1.807, 2.05) is 6.20 Å². The Hall–Kier alpha value is -1.02. The van der Waals surface area contributed by atoms with Gasteiger partial charge in [0.25, 0.3) is 0 Å². The first-order valence-corrected chi connectivity index (χ1v) is 7.30. The van der Waals surface area contributed by atoms with Gasteiger partial charge in [0.1, 0.15) is 0 Å². The van der Waals surface area contributed by atoms with E-state index >= 15 is 0 Å². The van der Waals surface area contributed by atoms with Crippen molar-refractivity contribution >= 4 is 0 Å². The van der Waals surface area contributed by atoms with E-state index in [2.05, 4.69) is 36.4 Å². The summed E-state index contributed by atoms with van der Waals surface area (Å²) in [6, 6.07) is 0. The van der Waals surface area contributed by atoms with Gasteiger partial charge in [-0.15, -0.1) is 5.10 Å². The van der Waals surface area contributed by atoms with Gasteiger partial charge < -0.3 is 19.5 Å². The van der Waals surface area contributed by atoms with Gasteiger partial charge in [-0.05, 0) is 20.8 Å². The van der Waals surface area contributed by atoms with E-state index < -0.39 is 0 Å². The zero-order chi connectivity index (χ0) is 15.6. The minimum atomic E-state index is 0.0791. The predicted octanol–water partition coefficient (Wildman–Crippen LogP) is 0.846. The fraction of sp³-hybridized carbons (Fsp3) is 0.857. The molecule has 0 unspecified atom stereocenters. The van der Waals surface area contributed by atoms with Crippen LogP contribution in [0, 0.1) is 0 Å². The average Bonchev–Trinajstić information content (AvgIpc) is 2.87. The highest BCUT2D eigenvalue weighted by molar-refractivity contribution is 4.92. The van der Waals surface area contributed by atoms with E-state index in [-0.39, 0.29) is 5.54 Å². The molecule has 1 N–H and O–H groups in total. The van der Waals surface area contributed by atoms with Crippen molar-refractivity contribution in [2.75, 3.05) is 40.1 Å². The summed E-state index contributed by atoms with van der Waals surface area (Å²) < 4.78 is 17.5. The molecule has 0 saturated heterocycles. The number of nitrogens with zero attached hydrogens (tertiary/aromatic N) is 3. The van der Waals surface area contributed by atoms with Crippen LogP contribution >= 0.6 is 0 Å². The molecule has 1 aromatic rings. The van der Waals surface area contributed by atoms with Crippen LogP contribution in [-0.4, -0.2) is 60.7 Å². The van der Waals surface area contributed by atoms with Crippen LogP contribution in [0.2, 0.25) is 0 Å². The molecule has 0 aliphatic carbocycles. The molecular weight excluding hydrogens is 272 g/mol. The molecular formula is C14H28N4O3. The van der Waals surface area contributed by atoms with Crippen molar-refractivity contribution in [2.45, 2.75) is 39.4 Å². The average molecular weight is 300 g/mol. The molecule has 7 nitrogen and oxygen atoms in total. The summed E-state index contributed by atoms with van der Waals surface area (Å²) in [6.45, 7) is 10.8. The minimum absolute atomic E-state index is 0.0791. The molecule has 0 radical (unpaired) electrons. The fourth-order valence-electron chi connectivity index (χ4n) is 1.51. The summed E-state index contributed by atoms with van der Waals surface area (Å²) in [5.74, 6) is 0. The first kappa shape index (κ1) is 18.0. The molecule has 7 heteroatoms. The molecule has 1 rings (SSSR count). The number of hydrogen-bond acceptors (Lipinski definition) is 6. The molecule has 1 aromatic heterocycles. The quantitative estimate of drug-likeness (QED) is 0.611. The Balaban J connectivity index is 2.06. The zero-order valence-electron chi connectivity index (χ0n) is 13.6. The van der Waals surface area contributed by atoms with Gasteiger partial charge in [-0.3, -0.25) is 0 Å². The Morgan fingerprint density at radius 2 is 1.76 bits per heavy atom. The predicted molar refractivity (Wildman–Crippen MR) is 80.1 cm³/mol. The second-order valence-electron chi connectivity index (χ2n) is 5.79. The lowest BCUT2D eigenvalue weighted by Crippen LogP contribution is -2.35. The molecule has 0 amide bonds. The fourth-order valence-corrected chi connectivity index (χ4v) is 1.51. The molecule has 0 bridgehead atoms. The summed E-state index contributed by atoms with van der Waals surface area (Å²) in [6.07, 6.45) is 1.94. The van der Waals surface area contributed by atoms with Gasteiger partial charge in [0.05, 0.1) is 45.3 Å². The molecule has 0 aliphatic rings. The van der Waals surface area contributed by atoms with E-state index in [1.54, 1.807) is 11.8 Å². The largest absolute Gasteiger partial charge is 0.382 e. The Morgan fingerprint density at radius 3 is 2.43 bits per heavy atom. The smallest absolute Gasteiger partial charge is 0.0965 e. The van der Waals surface area contributed by atoms with Crippen molar-refractivity contribution in [1.29, 1.82) is 0 Å². The molecule has 0 saturated carbocycles. The van der Waals surface area contributed by atoms with Gasteiger partial charge in [-0.25, -0.2) is 4.68 Å². The van der Waals surface area contributed by atoms with Gasteiger partial charge >= 0.3 is 0 Å². The van der Waals surface area contributed by atoms with E-state index in [0.29, 0.717) is 39.6 Å². The van der Waals surface area contributed by atoms with Crippen molar-refractivity contribution in [3.63, 3.8) is 0 Å². The summed E-state index contributed by atoms with van der Waals surface area (Å²) >= 11 is 0. The van der Waals surface area contributed by atoms with E-state index in [0.717, 1.165) is 12.2 Å². The highest BCUT2D eigenvalue weighted by atomic mass is 16.5. The maximum Gasteiger partial charge on any atom is 0.0965 e. The summed E-state index contributed by atoms with van der Waals surface area (Å²) in [4.78, 5) is 0. The first-order chi connectivity index (χ1) is 10.0. The third-order valence-corrected chi connectivity index (χ3v) is 2.65. The number of nitrogens with one attached hydrogen (secondary N) is 1. The lowest BCUT2D eigenvalue weighted by molar-refractivity contribution is 0.0224. The van der Waals surface area contributed by atoms with Crippen molar-refractivity contribution in [3.8, 4) is 0 Å². The van der Waals surface area contributed by atoms with Crippen LogP contribution in [0.15, 0.2) is 6.20 Å². The Bertz CT molecular complexity index is 377. The SMILES string of the molecule is COCCOCCOCCn1cc(CNC(C)(C)C)nn1. The van der Waals surface area contributed by atoms with Crippen molar-refractivity contribution in [2.24, 2.45) is 0 Å². The molecule has 122 valence electrons. The summed E-state index contributed by atoms with van der Waals surface area (Å²) in [5.41, 5.74) is 1.02. The van der Waals surface area contributed by atoms with Gasteiger partial charge in [0.2, 0.25) is 0 Å². The number of hydrogen-bond donors (Lipinski definition) is 1. The monoisotopic (exact) mass is 300 g/mol. The van der Waals surface area contributed by atoms with Crippen molar-refractivity contribution in [1.82, 2.24) is 20.3 Å². The van der Waals surface area contributed by atoms with Gasteiger partial charge in [0.15, 0.2) is 0 Å². The number of rotatable bonds is 11. The lowest BCUT2D eigenvalue weighted by atomic mass is 10.1.